The molecule has 5 heteroatoms. The van der Waals surface area contributed by atoms with Crippen LogP contribution in [0.15, 0.2) is 12.3 Å². The largest absolute Gasteiger partial charge is 0.351 e. The predicted octanol–water partition coefficient (Wildman–Crippen LogP) is 1.86. The molecule has 0 aliphatic heterocycles. The fourth-order valence-corrected chi connectivity index (χ4v) is 1.66. The van der Waals surface area contributed by atoms with E-state index in [1.807, 2.05) is 37.7 Å². The standard InChI is InChI=1S/C14H26N4O/c1-11(2)18-9-7-12(17-18)10-15-8-6-13(19)16-14(3,4)5/h7,9,11,15H,6,8,10H2,1-5H3,(H,16,19). The minimum absolute atomic E-state index is 0.0766. The van der Waals surface area contributed by atoms with Crippen molar-refractivity contribution in [2.24, 2.45) is 0 Å². The van der Waals surface area contributed by atoms with E-state index < -0.39 is 0 Å². The zero-order valence-corrected chi connectivity index (χ0v) is 12.7. The summed E-state index contributed by atoms with van der Waals surface area (Å²) in [6.07, 6.45) is 2.47. The van der Waals surface area contributed by atoms with Crippen LogP contribution >= 0.6 is 0 Å². The van der Waals surface area contributed by atoms with Crippen LogP contribution < -0.4 is 10.6 Å². The second kappa shape index (κ2) is 6.70. The van der Waals surface area contributed by atoms with E-state index in [9.17, 15) is 4.79 Å². The van der Waals surface area contributed by atoms with Crippen LogP contribution in [0.4, 0.5) is 0 Å². The molecule has 19 heavy (non-hydrogen) atoms. The highest BCUT2D eigenvalue weighted by Crippen LogP contribution is 2.03. The van der Waals surface area contributed by atoms with E-state index in [0.717, 1.165) is 5.69 Å². The van der Waals surface area contributed by atoms with Crippen molar-refractivity contribution in [2.45, 2.75) is 59.2 Å². The summed E-state index contributed by atoms with van der Waals surface area (Å²) in [6.45, 7) is 11.5. The van der Waals surface area contributed by atoms with Gasteiger partial charge in [-0.1, -0.05) is 0 Å². The molecule has 1 aromatic rings. The van der Waals surface area contributed by atoms with E-state index >= 15 is 0 Å². The Morgan fingerprint density at radius 3 is 2.63 bits per heavy atom. The summed E-state index contributed by atoms with van der Waals surface area (Å²) >= 11 is 0. The van der Waals surface area contributed by atoms with Gasteiger partial charge in [-0.2, -0.15) is 5.10 Å². The molecule has 0 aromatic carbocycles. The molecule has 1 rings (SSSR count). The van der Waals surface area contributed by atoms with Crippen molar-refractivity contribution >= 4 is 5.91 Å². The number of nitrogens with zero attached hydrogens (tertiary/aromatic N) is 2. The topological polar surface area (TPSA) is 59.0 Å². The molecule has 0 fully saturated rings. The molecular weight excluding hydrogens is 240 g/mol. The fourth-order valence-electron chi connectivity index (χ4n) is 1.66. The summed E-state index contributed by atoms with van der Waals surface area (Å²) in [5.41, 5.74) is 0.845. The summed E-state index contributed by atoms with van der Waals surface area (Å²) in [6, 6.07) is 2.38. The van der Waals surface area contributed by atoms with E-state index in [0.29, 0.717) is 25.6 Å². The van der Waals surface area contributed by atoms with E-state index in [1.54, 1.807) is 0 Å². The van der Waals surface area contributed by atoms with Crippen molar-refractivity contribution in [1.29, 1.82) is 0 Å². The molecule has 0 aliphatic rings. The maximum Gasteiger partial charge on any atom is 0.221 e. The highest BCUT2D eigenvalue weighted by atomic mass is 16.1. The van der Waals surface area contributed by atoms with Gasteiger partial charge in [0.05, 0.1) is 5.69 Å². The zero-order chi connectivity index (χ0) is 14.5. The molecule has 0 atom stereocenters. The van der Waals surface area contributed by atoms with Gasteiger partial charge in [0, 0.05) is 37.3 Å². The highest BCUT2D eigenvalue weighted by molar-refractivity contribution is 5.76. The molecule has 108 valence electrons. The maximum atomic E-state index is 11.6. The zero-order valence-electron chi connectivity index (χ0n) is 12.7. The van der Waals surface area contributed by atoms with E-state index in [1.165, 1.54) is 0 Å². The van der Waals surface area contributed by atoms with Crippen LogP contribution in [0.1, 0.15) is 52.8 Å². The Hall–Kier alpha value is -1.36. The van der Waals surface area contributed by atoms with E-state index in [-0.39, 0.29) is 11.4 Å². The van der Waals surface area contributed by atoms with Gasteiger partial charge in [0.1, 0.15) is 0 Å². The molecule has 0 radical (unpaired) electrons. The Labute approximate surface area is 115 Å². The van der Waals surface area contributed by atoms with Crippen LogP contribution in [0.3, 0.4) is 0 Å². The Bertz CT molecular complexity index is 404. The van der Waals surface area contributed by atoms with E-state index in [2.05, 4.69) is 29.6 Å². The molecule has 0 spiro atoms. The summed E-state index contributed by atoms with van der Waals surface area (Å²) in [7, 11) is 0. The van der Waals surface area contributed by atoms with Crippen molar-refractivity contribution in [3.05, 3.63) is 18.0 Å². The van der Waals surface area contributed by atoms with Gasteiger partial charge >= 0.3 is 0 Å². The van der Waals surface area contributed by atoms with Gasteiger partial charge in [-0.15, -0.1) is 0 Å². The first-order chi connectivity index (χ1) is 8.78. The quantitative estimate of drug-likeness (QED) is 0.773. The first-order valence-corrected chi connectivity index (χ1v) is 6.84. The normalized spacial score (nSPS) is 11.9. The molecule has 0 unspecified atom stereocenters. The first kappa shape index (κ1) is 15.7. The van der Waals surface area contributed by atoms with Gasteiger partial charge in [-0.3, -0.25) is 9.48 Å². The van der Waals surface area contributed by atoms with Gasteiger partial charge in [0.15, 0.2) is 0 Å². The lowest BCUT2D eigenvalue weighted by molar-refractivity contribution is -0.122. The highest BCUT2D eigenvalue weighted by Gasteiger charge is 2.12. The van der Waals surface area contributed by atoms with Crippen molar-refractivity contribution in [3.8, 4) is 0 Å². The maximum absolute atomic E-state index is 11.6. The summed E-state index contributed by atoms with van der Waals surface area (Å²) in [5.74, 6) is 0.0766. The fraction of sp³-hybridized carbons (Fsp3) is 0.714. The SMILES string of the molecule is CC(C)n1ccc(CNCCC(=O)NC(C)(C)C)n1. The average molecular weight is 266 g/mol. The van der Waals surface area contributed by atoms with Crippen LogP contribution in [0.5, 0.6) is 0 Å². The van der Waals surface area contributed by atoms with E-state index in [4.69, 9.17) is 0 Å². The summed E-state index contributed by atoms with van der Waals surface area (Å²) in [4.78, 5) is 11.6. The molecule has 0 saturated carbocycles. The number of rotatable bonds is 6. The van der Waals surface area contributed by atoms with Crippen molar-refractivity contribution in [2.75, 3.05) is 6.54 Å². The predicted molar refractivity (Wildman–Crippen MR) is 76.8 cm³/mol. The number of carbonyl (C=O) groups is 1. The average Bonchev–Trinajstić information content (AvgIpc) is 2.70. The first-order valence-electron chi connectivity index (χ1n) is 6.84. The lowest BCUT2D eigenvalue weighted by Crippen LogP contribution is -2.41. The summed E-state index contributed by atoms with van der Waals surface area (Å²) in [5, 5.41) is 10.6. The third kappa shape index (κ3) is 6.38. The van der Waals surface area contributed by atoms with Gasteiger partial charge in [0.25, 0.3) is 0 Å². The molecule has 1 heterocycles. The monoisotopic (exact) mass is 266 g/mol. The molecule has 0 bridgehead atoms. The number of nitrogens with one attached hydrogen (secondary N) is 2. The molecular formula is C14H26N4O. The minimum atomic E-state index is -0.160. The molecule has 0 saturated heterocycles. The molecule has 1 amide bonds. The molecule has 5 nitrogen and oxygen atoms in total. The van der Waals surface area contributed by atoms with Gasteiger partial charge in [0.2, 0.25) is 5.91 Å². The lowest BCUT2D eigenvalue weighted by Gasteiger charge is -2.20. The molecule has 1 aromatic heterocycles. The van der Waals surface area contributed by atoms with Crippen LogP contribution in [0, 0.1) is 0 Å². The van der Waals surface area contributed by atoms with Crippen molar-refractivity contribution in [3.63, 3.8) is 0 Å². The van der Waals surface area contributed by atoms with Crippen LogP contribution in [-0.4, -0.2) is 27.8 Å². The number of hydrogen-bond donors (Lipinski definition) is 2. The van der Waals surface area contributed by atoms with Crippen molar-refractivity contribution in [1.82, 2.24) is 20.4 Å². The van der Waals surface area contributed by atoms with Crippen LogP contribution in [0.2, 0.25) is 0 Å². The minimum Gasteiger partial charge on any atom is -0.351 e. The van der Waals surface area contributed by atoms with Gasteiger partial charge in [-0.05, 0) is 40.7 Å². The third-order valence-corrected chi connectivity index (χ3v) is 2.54. The Kier molecular flexibility index (Phi) is 5.54. The second-order valence-electron chi connectivity index (χ2n) is 6.11. The van der Waals surface area contributed by atoms with Gasteiger partial charge in [-0.25, -0.2) is 0 Å². The van der Waals surface area contributed by atoms with Crippen LogP contribution in [-0.2, 0) is 11.3 Å². The second-order valence-corrected chi connectivity index (χ2v) is 6.11. The number of carbonyl (C=O) groups excluding carboxylic acids is 1. The number of hydrogen-bond acceptors (Lipinski definition) is 3. The van der Waals surface area contributed by atoms with Crippen molar-refractivity contribution < 1.29 is 4.79 Å². The molecule has 2 N–H and O–H groups in total. The van der Waals surface area contributed by atoms with Gasteiger partial charge < -0.3 is 10.6 Å². The third-order valence-electron chi connectivity index (χ3n) is 2.54. The Balaban J connectivity index is 2.22. The Morgan fingerprint density at radius 1 is 1.42 bits per heavy atom. The molecule has 0 aliphatic carbocycles. The number of amides is 1. The smallest absolute Gasteiger partial charge is 0.221 e. The Morgan fingerprint density at radius 2 is 2.11 bits per heavy atom. The summed E-state index contributed by atoms with van der Waals surface area (Å²) < 4.78 is 1.93. The van der Waals surface area contributed by atoms with Crippen LogP contribution in [0.25, 0.3) is 0 Å². The number of aromatic nitrogens is 2. The lowest BCUT2D eigenvalue weighted by atomic mass is 10.1.